The van der Waals surface area contributed by atoms with Gasteiger partial charge in [-0.2, -0.15) is 0 Å². The van der Waals surface area contributed by atoms with Gasteiger partial charge in [0, 0.05) is 12.0 Å². The van der Waals surface area contributed by atoms with Crippen LogP contribution in [0, 0.1) is 16.0 Å². The summed E-state index contributed by atoms with van der Waals surface area (Å²) in [7, 11) is 1.60. The number of hydrogen-bond donors (Lipinski definition) is 1. The maximum atomic E-state index is 11.6. The van der Waals surface area contributed by atoms with Crippen molar-refractivity contribution in [1.82, 2.24) is 0 Å². The molecule has 2 aliphatic rings. The zero-order valence-electron chi connectivity index (χ0n) is 15.8. The third-order valence-electron chi connectivity index (χ3n) is 5.84. The first-order valence-corrected chi connectivity index (χ1v) is 9.39. The van der Waals surface area contributed by atoms with E-state index in [1.54, 1.807) is 19.2 Å². The molecule has 1 aliphatic carbocycles. The topological polar surface area (TPSA) is 64.4 Å². The van der Waals surface area contributed by atoms with Gasteiger partial charge in [-0.15, -0.1) is 0 Å². The van der Waals surface area contributed by atoms with Crippen LogP contribution in [0.15, 0.2) is 48.6 Å². The molecule has 0 aromatic heterocycles. The number of nitro groups is 1. The van der Waals surface area contributed by atoms with Gasteiger partial charge in [0.25, 0.3) is 5.69 Å². The van der Waals surface area contributed by atoms with Crippen LogP contribution in [0.5, 0.6) is 5.75 Å². The molecule has 1 N–H and O–H groups in total. The molecule has 1 aliphatic heterocycles. The summed E-state index contributed by atoms with van der Waals surface area (Å²) in [6.45, 7) is 4.37. The van der Waals surface area contributed by atoms with Crippen molar-refractivity contribution < 1.29 is 9.66 Å². The minimum Gasteiger partial charge on any atom is -0.495 e. The summed E-state index contributed by atoms with van der Waals surface area (Å²) < 4.78 is 5.52. The molecular weight excluding hydrogens is 340 g/mol. The van der Waals surface area contributed by atoms with Crippen LogP contribution in [0.2, 0.25) is 0 Å². The number of rotatable bonds is 4. The third kappa shape index (κ3) is 2.87. The minimum absolute atomic E-state index is 0.0199. The van der Waals surface area contributed by atoms with E-state index in [9.17, 15) is 10.1 Å². The number of nitrogens with zero attached hydrogens (tertiary/aromatic N) is 1. The summed E-state index contributed by atoms with van der Waals surface area (Å²) >= 11 is 0. The Bertz CT molecular complexity index is 903. The maximum absolute atomic E-state index is 11.6. The Morgan fingerprint density at radius 2 is 1.93 bits per heavy atom. The lowest BCUT2D eigenvalue weighted by molar-refractivity contribution is -0.385. The second kappa shape index (κ2) is 6.72. The summed E-state index contributed by atoms with van der Waals surface area (Å²) in [4.78, 5) is 11.3. The van der Waals surface area contributed by atoms with Crippen LogP contribution in [0.3, 0.4) is 0 Å². The number of nitrogens with one attached hydrogen (secondary N) is 1. The molecular formula is C22H24N2O3. The largest absolute Gasteiger partial charge is 0.495 e. The first kappa shape index (κ1) is 17.6. The zero-order chi connectivity index (χ0) is 19.1. The molecule has 27 heavy (non-hydrogen) atoms. The van der Waals surface area contributed by atoms with Crippen molar-refractivity contribution in [3.05, 3.63) is 75.4 Å². The van der Waals surface area contributed by atoms with Crippen molar-refractivity contribution in [1.29, 1.82) is 0 Å². The average Bonchev–Trinajstić information content (AvgIpc) is 3.16. The van der Waals surface area contributed by atoms with Crippen LogP contribution in [0.4, 0.5) is 11.4 Å². The van der Waals surface area contributed by atoms with E-state index in [2.05, 4.69) is 55.6 Å². The molecule has 0 spiro atoms. The Balaban J connectivity index is 1.81. The lowest BCUT2D eigenvalue weighted by atomic mass is 9.76. The second-order valence-electron chi connectivity index (χ2n) is 7.63. The van der Waals surface area contributed by atoms with Gasteiger partial charge in [-0.05, 0) is 35.4 Å². The first-order chi connectivity index (χ1) is 13.0. The third-order valence-corrected chi connectivity index (χ3v) is 5.84. The van der Waals surface area contributed by atoms with Gasteiger partial charge >= 0.3 is 0 Å². The molecule has 5 heteroatoms. The zero-order valence-corrected chi connectivity index (χ0v) is 15.8. The van der Waals surface area contributed by atoms with Crippen molar-refractivity contribution in [2.24, 2.45) is 5.92 Å². The van der Waals surface area contributed by atoms with Crippen LogP contribution >= 0.6 is 0 Å². The maximum Gasteiger partial charge on any atom is 0.275 e. The van der Waals surface area contributed by atoms with Gasteiger partial charge in [0.15, 0.2) is 0 Å². The van der Waals surface area contributed by atoms with E-state index in [0.29, 0.717) is 11.7 Å². The number of anilines is 1. The van der Waals surface area contributed by atoms with E-state index in [4.69, 9.17) is 4.74 Å². The smallest absolute Gasteiger partial charge is 0.275 e. The molecule has 0 saturated carbocycles. The molecule has 2 aromatic carbocycles. The highest BCUT2D eigenvalue weighted by Gasteiger charge is 2.42. The Labute approximate surface area is 159 Å². The number of hydrogen-bond acceptors (Lipinski definition) is 4. The molecule has 0 radical (unpaired) electrons. The second-order valence-corrected chi connectivity index (χ2v) is 7.63. The van der Waals surface area contributed by atoms with Gasteiger partial charge in [0.2, 0.25) is 0 Å². The summed E-state index contributed by atoms with van der Waals surface area (Å²) in [6, 6.07) is 12.0. The van der Waals surface area contributed by atoms with Gasteiger partial charge in [-0.1, -0.05) is 50.3 Å². The number of ether oxygens (including phenoxy) is 1. The number of benzene rings is 2. The van der Waals surface area contributed by atoms with E-state index >= 15 is 0 Å². The molecule has 0 saturated heterocycles. The Morgan fingerprint density at radius 3 is 2.56 bits per heavy atom. The molecule has 1 heterocycles. The van der Waals surface area contributed by atoms with E-state index in [1.807, 2.05) is 0 Å². The van der Waals surface area contributed by atoms with Crippen molar-refractivity contribution in [3.63, 3.8) is 0 Å². The summed E-state index contributed by atoms with van der Waals surface area (Å²) in [5.41, 5.74) is 4.17. The molecule has 4 rings (SSSR count). The number of nitro benzene ring substituents is 1. The van der Waals surface area contributed by atoms with Gasteiger partial charge < -0.3 is 10.1 Å². The van der Waals surface area contributed by atoms with E-state index in [1.165, 1.54) is 11.1 Å². The number of allylic oxidation sites excluding steroid dienone is 2. The van der Waals surface area contributed by atoms with Crippen molar-refractivity contribution in [2.75, 3.05) is 12.4 Å². The fourth-order valence-corrected chi connectivity index (χ4v) is 4.41. The highest BCUT2D eigenvalue weighted by atomic mass is 16.6. The molecule has 2 aromatic rings. The summed E-state index contributed by atoms with van der Waals surface area (Å²) in [5, 5.41) is 15.2. The predicted molar refractivity (Wildman–Crippen MR) is 107 cm³/mol. The quantitative estimate of drug-likeness (QED) is 0.439. The molecule has 3 atom stereocenters. The van der Waals surface area contributed by atoms with E-state index in [0.717, 1.165) is 17.7 Å². The molecule has 0 amide bonds. The van der Waals surface area contributed by atoms with E-state index < -0.39 is 0 Å². The van der Waals surface area contributed by atoms with Crippen LogP contribution in [-0.2, 0) is 0 Å². The Morgan fingerprint density at radius 1 is 1.19 bits per heavy atom. The van der Waals surface area contributed by atoms with Gasteiger partial charge in [-0.25, -0.2) is 0 Å². The first-order valence-electron chi connectivity index (χ1n) is 9.39. The fourth-order valence-electron chi connectivity index (χ4n) is 4.41. The Hall–Kier alpha value is -2.82. The average molecular weight is 364 g/mol. The lowest BCUT2D eigenvalue weighted by Crippen LogP contribution is -2.30. The van der Waals surface area contributed by atoms with E-state index in [-0.39, 0.29) is 28.5 Å². The van der Waals surface area contributed by atoms with Crippen LogP contribution in [0.25, 0.3) is 0 Å². The SMILES string of the molecule is COc1ccc([N+](=O)[O-])c2c1N[C@H](c1ccc(C(C)C)cc1)[C@@H]1CC=C[C@@H]21. The summed E-state index contributed by atoms with van der Waals surface area (Å²) in [5.74, 6) is 1.42. The molecule has 0 fully saturated rings. The van der Waals surface area contributed by atoms with Crippen LogP contribution in [0.1, 0.15) is 54.8 Å². The monoisotopic (exact) mass is 364 g/mol. The van der Waals surface area contributed by atoms with Gasteiger partial charge in [0.05, 0.1) is 29.3 Å². The number of fused-ring (bicyclic) bond motifs is 3. The number of methoxy groups -OCH3 is 1. The molecule has 5 nitrogen and oxygen atoms in total. The Kier molecular flexibility index (Phi) is 4.38. The molecule has 140 valence electrons. The van der Waals surface area contributed by atoms with Crippen molar-refractivity contribution in [3.8, 4) is 5.75 Å². The molecule has 0 unspecified atom stereocenters. The standard InChI is InChI=1S/C22H24N2O3/c1-13(2)14-7-9-15(10-8-14)21-17-6-4-5-16(17)20-18(24(25)26)11-12-19(27-3)22(20)23-21/h4-5,7-13,16-17,21,23H,6H2,1-3H3/t16-,17-,21-/m1/s1. The predicted octanol–water partition coefficient (Wildman–Crippen LogP) is 5.55. The normalized spacial score (nSPS) is 22.9. The van der Waals surface area contributed by atoms with Crippen molar-refractivity contribution >= 4 is 11.4 Å². The van der Waals surface area contributed by atoms with Gasteiger partial charge in [0.1, 0.15) is 5.75 Å². The van der Waals surface area contributed by atoms with Crippen molar-refractivity contribution in [2.45, 2.75) is 38.1 Å². The van der Waals surface area contributed by atoms with Gasteiger partial charge in [-0.3, -0.25) is 10.1 Å². The molecule has 0 bridgehead atoms. The summed E-state index contributed by atoms with van der Waals surface area (Å²) in [6.07, 6.45) is 5.17. The minimum atomic E-state index is -0.291. The highest BCUT2D eigenvalue weighted by Crippen LogP contribution is 2.54. The van der Waals surface area contributed by atoms with Crippen LogP contribution < -0.4 is 10.1 Å². The van der Waals surface area contributed by atoms with Crippen LogP contribution in [-0.4, -0.2) is 12.0 Å². The lowest BCUT2D eigenvalue weighted by Gasteiger charge is -2.37. The fraction of sp³-hybridized carbons (Fsp3) is 0.364. The highest BCUT2D eigenvalue weighted by molar-refractivity contribution is 5.73.